The van der Waals surface area contributed by atoms with Crippen LogP contribution >= 0.6 is 27.3 Å². The topological polar surface area (TPSA) is 58.0 Å². The molecule has 4 nitrogen and oxygen atoms in total. The lowest BCUT2D eigenvalue weighted by molar-refractivity contribution is 0.465. The minimum Gasteiger partial charge on any atom is -0.506 e. The van der Waals surface area contributed by atoms with Crippen LogP contribution in [0.1, 0.15) is 24.4 Å². The molecule has 0 saturated carbocycles. The fourth-order valence-corrected chi connectivity index (χ4v) is 2.99. The molecule has 1 aromatic carbocycles. The molecule has 0 aliphatic rings. The SMILES string of the molecule is CC(C)Cc1nnc(NCc2cccc(Br)c2O)s1. The molecule has 1 aromatic heterocycles. The highest BCUT2D eigenvalue weighted by atomic mass is 79.9. The van der Waals surface area contributed by atoms with Gasteiger partial charge in [-0.15, -0.1) is 10.2 Å². The largest absolute Gasteiger partial charge is 0.506 e. The molecule has 0 amide bonds. The first kappa shape index (κ1) is 14.3. The van der Waals surface area contributed by atoms with Crippen LogP contribution in [0.3, 0.4) is 0 Å². The number of halogens is 1. The number of benzene rings is 1. The number of nitrogens with zero attached hydrogens (tertiary/aromatic N) is 2. The van der Waals surface area contributed by atoms with Crippen LogP contribution in [0.4, 0.5) is 5.13 Å². The minimum atomic E-state index is 0.266. The molecule has 0 atom stereocenters. The standard InChI is InChI=1S/C13H16BrN3OS/c1-8(2)6-11-16-17-13(19-11)15-7-9-4-3-5-10(14)12(9)18/h3-5,8,18H,6-7H2,1-2H3,(H,15,17). The van der Waals surface area contributed by atoms with E-state index in [4.69, 9.17) is 0 Å². The zero-order valence-corrected chi connectivity index (χ0v) is 13.3. The molecule has 0 spiro atoms. The van der Waals surface area contributed by atoms with E-state index in [9.17, 15) is 5.11 Å². The quantitative estimate of drug-likeness (QED) is 0.867. The first-order valence-electron chi connectivity index (χ1n) is 6.09. The zero-order chi connectivity index (χ0) is 13.8. The molecule has 2 N–H and O–H groups in total. The van der Waals surface area contributed by atoms with Gasteiger partial charge in [0.15, 0.2) is 0 Å². The van der Waals surface area contributed by atoms with E-state index in [0.717, 1.165) is 22.1 Å². The number of hydrogen-bond donors (Lipinski definition) is 2. The van der Waals surface area contributed by atoms with Gasteiger partial charge in [-0.05, 0) is 27.9 Å². The van der Waals surface area contributed by atoms with E-state index >= 15 is 0 Å². The summed E-state index contributed by atoms with van der Waals surface area (Å²) >= 11 is 4.86. The predicted octanol–water partition coefficient (Wildman–Crippen LogP) is 3.82. The second-order valence-corrected chi connectivity index (χ2v) is 6.62. The Morgan fingerprint density at radius 2 is 2.16 bits per heavy atom. The lowest BCUT2D eigenvalue weighted by atomic mass is 10.1. The van der Waals surface area contributed by atoms with Gasteiger partial charge in [-0.2, -0.15) is 0 Å². The summed E-state index contributed by atoms with van der Waals surface area (Å²) in [4.78, 5) is 0. The summed E-state index contributed by atoms with van der Waals surface area (Å²) in [5, 5.41) is 23.1. The van der Waals surface area contributed by atoms with E-state index in [-0.39, 0.29) is 5.75 Å². The first-order chi connectivity index (χ1) is 9.06. The fourth-order valence-electron chi connectivity index (χ4n) is 1.63. The van der Waals surface area contributed by atoms with Gasteiger partial charge in [0, 0.05) is 18.5 Å². The van der Waals surface area contributed by atoms with E-state index < -0.39 is 0 Å². The molecule has 102 valence electrons. The number of nitrogens with one attached hydrogen (secondary N) is 1. The van der Waals surface area contributed by atoms with Crippen molar-refractivity contribution in [2.75, 3.05) is 5.32 Å². The third kappa shape index (κ3) is 3.91. The molecule has 19 heavy (non-hydrogen) atoms. The number of aromatic hydroxyl groups is 1. The maximum absolute atomic E-state index is 9.88. The lowest BCUT2D eigenvalue weighted by Gasteiger charge is -2.06. The van der Waals surface area contributed by atoms with Crippen molar-refractivity contribution in [3.63, 3.8) is 0 Å². The first-order valence-corrected chi connectivity index (χ1v) is 7.70. The van der Waals surface area contributed by atoms with Gasteiger partial charge in [0.1, 0.15) is 10.8 Å². The van der Waals surface area contributed by atoms with Crippen molar-refractivity contribution in [1.82, 2.24) is 10.2 Å². The van der Waals surface area contributed by atoms with Crippen LogP contribution in [-0.4, -0.2) is 15.3 Å². The Balaban J connectivity index is 1.98. The highest BCUT2D eigenvalue weighted by molar-refractivity contribution is 9.10. The number of anilines is 1. The molecule has 0 fully saturated rings. The van der Waals surface area contributed by atoms with Crippen LogP contribution in [0.15, 0.2) is 22.7 Å². The molecule has 0 aliphatic carbocycles. The number of phenolic OH excluding ortho intramolecular Hbond substituents is 1. The normalized spacial score (nSPS) is 10.9. The number of aromatic nitrogens is 2. The van der Waals surface area contributed by atoms with Crippen LogP contribution in [-0.2, 0) is 13.0 Å². The van der Waals surface area contributed by atoms with Gasteiger partial charge in [-0.3, -0.25) is 0 Å². The zero-order valence-electron chi connectivity index (χ0n) is 10.9. The molecule has 2 aromatic rings. The van der Waals surface area contributed by atoms with Crippen molar-refractivity contribution >= 4 is 32.4 Å². The molecule has 0 bridgehead atoms. The second-order valence-electron chi connectivity index (χ2n) is 4.70. The van der Waals surface area contributed by atoms with E-state index in [1.807, 2.05) is 18.2 Å². The van der Waals surface area contributed by atoms with Crippen LogP contribution in [0.2, 0.25) is 0 Å². The minimum absolute atomic E-state index is 0.266. The number of phenols is 1. The van der Waals surface area contributed by atoms with Crippen molar-refractivity contribution in [2.24, 2.45) is 5.92 Å². The molecule has 0 saturated heterocycles. The number of rotatable bonds is 5. The number of hydrogen-bond acceptors (Lipinski definition) is 5. The fraction of sp³-hybridized carbons (Fsp3) is 0.385. The van der Waals surface area contributed by atoms with Crippen LogP contribution < -0.4 is 5.32 Å². The van der Waals surface area contributed by atoms with Crippen molar-refractivity contribution in [3.8, 4) is 5.75 Å². The summed E-state index contributed by atoms with van der Waals surface area (Å²) < 4.78 is 0.699. The average molecular weight is 342 g/mol. The highest BCUT2D eigenvalue weighted by Gasteiger charge is 2.08. The van der Waals surface area contributed by atoms with Crippen molar-refractivity contribution in [1.29, 1.82) is 0 Å². The second kappa shape index (κ2) is 6.34. The van der Waals surface area contributed by atoms with Crippen molar-refractivity contribution < 1.29 is 5.11 Å². The Kier molecular flexibility index (Phi) is 4.76. The molecule has 6 heteroatoms. The van der Waals surface area contributed by atoms with Gasteiger partial charge in [0.2, 0.25) is 5.13 Å². The molecular formula is C13H16BrN3OS. The molecular weight excluding hydrogens is 326 g/mol. The van der Waals surface area contributed by atoms with Gasteiger partial charge >= 0.3 is 0 Å². The summed E-state index contributed by atoms with van der Waals surface area (Å²) in [5.41, 5.74) is 0.829. The third-order valence-corrected chi connectivity index (χ3v) is 4.09. The van der Waals surface area contributed by atoms with Gasteiger partial charge in [-0.25, -0.2) is 0 Å². The molecule has 0 aliphatic heterocycles. The number of para-hydroxylation sites is 1. The van der Waals surface area contributed by atoms with E-state index in [1.165, 1.54) is 0 Å². The summed E-state index contributed by atoms with van der Waals surface area (Å²) in [5.74, 6) is 0.844. The molecule has 0 radical (unpaired) electrons. The summed E-state index contributed by atoms with van der Waals surface area (Å²) in [6, 6.07) is 5.58. The Morgan fingerprint density at radius 3 is 2.89 bits per heavy atom. The maximum atomic E-state index is 9.88. The van der Waals surface area contributed by atoms with Crippen LogP contribution in [0.5, 0.6) is 5.75 Å². The third-order valence-electron chi connectivity index (χ3n) is 2.55. The summed E-state index contributed by atoms with van der Waals surface area (Å²) in [6.45, 7) is 4.85. The molecule has 0 unspecified atom stereocenters. The molecule has 2 rings (SSSR count). The van der Waals surface area contributed by atoms with Gasteiger partial charge in [0.05, 0.1) is 4.47 Å². The monoisotopic (exact) mass is 341 g/mol. The van der Waals surface area contributed by atoms with Crippen molar-refractivity contribution in [2.45, 2.75) is 26.8 Å². The van der Waals surface area contributed by atoms with Crippen LogP contribution in [0, 0.1) is 5.92 Å². The average Bonchev–Trinajstić information content (AvgIpc) is 2.78. The lowest BCUT2D eigenvalue weighted by Crippen LogP contribution is -1.99. The van der Waals surface area contributed by atoms with Gasteiger partial charge < -0.3 is 10.4 Å². The van der Waals surface area contributed by atoms with Crippen LogP contribution in [0.25, 0.3) is 0 Å². The van der Waals surface area contributed by atoms with E-state index in [0.29, 0.717) is 16.9 Å². The van der Waals surface area contributed by atoms with Crippen molar-refractivity contribution in [3.05, 3.63) is 33.2 Å². The summed E-state index contributed by atoms with van der Waals surface area (Å²) in [7, 11) is 0. The Bertz CT molecular complexity index is 557. The van der Waals surface area contributed by atoms with Gasteiger partial charge in [0.25, 0.3) is 0 Å². The summed E-state index contributed by atoms with van der Waals surface area (Å²) in [6.07, 6.45) is 0.946. The predicted molar refractivity (Wildman–Crippen MR) is 81.6 cm³/mol. The smallest absolute Gasteiger partial charge is 0.205 e. The Labute approximate surface area is 125 Å². The Morgan fingerprint density at radius 1 is 1.37 bits per heavy atom. The molecule has 1 heterocycles. The maximum Gasteiger partial charge on any atom is 0.205 e. The van der Waals surface area contributed by atoms with E-state index in [1.54, 1.807) is 11.3 Å². The van der Waals surface area contributed by atoms with E-state index in [2.05, 4.69) is 45.3 Å². The highest BCUT2D eigenvalue weighted by Crippen LogP contribution is 2.28. The van der Waals surface area contributed by atoms with Gasteiger partial charge in [-0.1, -0.05) is 37.3 Å². The Hall–Kier alpha value is -1.14.